The SMILES string of the molecule is CC(CNC(=O)C1CC=CC1)C(=O)O. The molecule has 14 heavy (non-hydrogen) atoms. The van der Waals surface area contributed by atoms with Gasteiger partial charge in [0, 0.05) is 12.5 Å². The molecule has 1 aliphatic rings. The van der Waals surface area contributed by atoms with E-state index < -0.39 is 11.9 Å². The Morgan fingerprint density at radius 1 is 1.50 bits per heavy atom. The van der Waals surface area contributed by atoms with Gasteiger partial charge < -0.3 is 10.4 Å². The van der Waals surface area contributed by atoms with Gasteiger partial charge >= 0.3 is 5.97 Å². The van der Waals surface area contributed by atoms with Gasteiger partial charge in [-0.05, 0) is 12.8 Å². The second-order valence-corrected chi connectivity index (χ2v) is 3.62. The molecular weight excluding hydrogens is 182 g/mol. The van der Waals surface area contributed by atoms with Crippen LogP contribution in [-0.4, -0.2) is 23.5 Å². The molecule has 1 atom stereocenters. The van der Waals surface area contributed by atoms with Crippen molar-refractivity contribution in [3.05, 3.63) is 12.2 Å². The van der Waals surface area contributed by atoms with E-state index >= 15 is 0 Å². The number of rotatable bonds is 4. The maximum atomic E-state index is 11.4. The van der Waals surface area contributed by atoms with Gasteiger partial charge in [-0.2, -0.15) is 0 Å². The molecule has 1 rings (SSSR count). The Kier molecular flexibility index (Phi) is 3.68. The summed E-state index contributed by atoms with van der Waals surface area (Å²) < 4.78 is 0. The van der Waals surface area contributed by atoms with Crippen LogP contribution in [0.1, 0.15) is 19.8 Å². The molecule has 4 heteroatoms. The normalized spacial score (nSPS) is 18.1. The van der Waals surface area contributed by atoms with Crippen LogP contribution >= 0.6 is 0 Å². The Bertz CT molecular complexity index is 252. The predicted octanol–water partition coefficient (Wildman–Crippen LogP) is 0.790. The minimum Gasteiger partial charge on any atom is -0.481 e. The zero-order valence-electron chi connectivity index (χ0n) is 8.19. The van der Waals surface area contributed by atoms with E-state index in [1.165, 1.54) is 0 Å². The number of hydrogen-bond donors (Lipinski definition) is 2. The van der Waals surface area contributed by atoms with Crippen LogP contribution in [-0.2, 0) is 9.59 Å². The van der Waals surface area contributed by atoms with Gasteiger partial charge in [0.1, 0.15) is 0 Å². The summed E-state index contributed by atoms with van der Waals surface area (Å²) in [7, 11) is 0. The highest BCUT2D eigenvalue weighted by Crippen LogP contribution is 2.17. The molecule has 0 heterocycles. The lowest BCUT2D eigenvalue weighted by atomic mass is 10.1. The van der Waals surface area contributed by atoms with Gasteiger partial charge in [-0.25, -0.2) is 0 Å². The molecule has 1 unspecified atom stereocenters. The number of carboxylic acids is 1. The highest BCUT2D eigenvalue weighted by Gasteiger charge is 2.20. The van der Waals surface area contributed by atoms with Gasteiger partial charge in [0.2, 0.25) is 5.91 Å². The number of aliphatic carboxylic acids is 1. The Hall–Kier alpha value is -1.32. The van der Waals surface area contributed by atoms with Crippen molar-refractivity contribution in [1.82, 2.24) is 5.32 Å². The standard InChI is InChI=1S/C10H15NO3/c1-7(10(13)14)6-11-9(12)8-4-2-3-5-8/h2-3,7-8H,4-6H2,1H3,(H,11,12)(H,13,14). The Morgan fingerprint density at radius 3 is 2.57 bits per heavy atom. The lowest BCUT2D eigenvalue weighted by Gasteiger charge is -2.12. The first-order valence-electron chi connectivity index (χ1n) is 4.76. The van der Waals surface area contributed by atoms with Gasteiger partial charge in [-0.15, -0.1) is 0 Å². The van der Waals surface area contributed by atoms with Crippen molar-refractivity contribution in [3.8, 4) is 0 Å². The van der Waals surface area contributed by atoms with Crippen molar-refractivity contribution in [2.45, 2.75) is 19.8 Å². The summed E-state index contributed by atoms with van der Waals surface area (Å²) in [5, 5.41) is 11.2. The van der Waals surface area contributed by atoms with E-state index in [1.54, 1.807) is 6.92 Å². The summed E-state index contributed by atoms with van der Waals surface area (Å²) in [5.74, 6) is -1.43. The average molecular weight is 197 g/mol. The second kappa shape index (κ2) is 4.79. The number of hydrogen-bond acceptors (Lipinski definition) is 2. The van der Waals surface area contributed by atoms with Gasteiger partial charge in [-0.3, -0.25) is 9.59 Å². The van der Waals surface area contributed by atoms with Crippen LogP contribution in [0.15, 0.2) is 12.2 Å². The number of carbonyl (C=O) groups is 2. The number of nitrogens with one attached hydrogen (secondary N) is 1. The third kappa shape index (κ3) is 2.87. The van der Waals surface area contributed by atoms with Crippen LogP contribution in [0.5, 0.6) is 0 Å². The highest BCUT2D eigenvalue weighted by atomic mass is 16.4. The zero-order chi connectivity index (χ0) is 10.6. The highest BCUT2D eigenvalue weighted by molar-refractivity contribution is 5.80. The van der Waals surface area contributed by atoms with E-state index in [0.29, 0.717) is 0 Å². The van der Waals surface area contributed by atoms with Crippen LogP contribution in [0, 0.1) is 11.8 Å². The fourth-order valence-electron chi connectivity index (χ4n) is 1.32. The van der Waals surface area contributed by atoms with Gasteiger partial charge in [0.05, 0.1) is 5.92 Å². The first-order valence-corrected chi connectivity index (χ1v) is 4.76. The minimum absolute atomic E-state index is 0.0102. The van der Waals surface area contributed by atoms with Crippen LogP contribution in [0.25, 0.3) is 0 Å². The number of carbonyl (C=O) groups excluding carboxylic acids is 1. The summed E-state index contributed by atoms with van der Waals surface area (Å²) in [5.41, 5.74) is 0. The third-order valence-corrected chi connectivity index (χ3v) is 2.38. The molecule has 0 spiro atoms. The van der Waals surface area contributed by atoms with Crippen molar-refractivity contribution < 1.29 is 14.7 Å². The molecule has 1 aliphatic carbocycles. The lowest BCUT2D eigenvalue weighted by Crippen LogP contribution is -2.35. The molecule has 0 saturated heterocycles. The predicted molar refractivity (Wildman–Crippen MR) is 51.7 cm³/mol. The molecule has 0 radical (unpaired) electrons. The lowest BCUT2D eigenvalue weighted by molar-refractivity contribution is -0.141. The molecule has 0 aromatic carbocycles. The molecular formula is C10H15NO3. The molecule has 0 aliphatic heterocycles. The zero-order valence-corrected chi connectivity index (χ0v) is 8.19. The average Bonchev–Trinajstić information content (AvgIpc) is 2.66. The van der Waals surface area contributed by atoms with Crippen molar-refractivity contribution in [1.29, 1.82) is 0 Å². The Balaban J connectivity index is 2.24. The molecule has 0 fully saturated rings. The van der Waals surface area contributed by atoms with Crippen LogP contribution in [0.4, 0.5) is 0 Å². The van der Waals surface area contributed by atoms with E-state index in [9.17, 15) is 9.59 Å². The summed E-state index contributed by atoms with van der Waals surface area (Å²) in [4.78, 5) is 21.9. The number of carboxylic acid groups (broad SMARTS) is 1. The van der Waals surface area contributed by atoms with E-state index in [0.717, 1.165) is 12.8 Å². The maximum Gasteiger partial charge on any atom is 0.308 e. The Morgan fingerprint density at radius 2 is 2.07 bits per heavy atom. The van der Waals surface area contributed by atoms with Gasteiger partial charge in [-0.1, -0.05) is 19.1 Å². The fraction of sp³-hybridized carbons (Fsp3) is 0.600. The van der Waals surface area contributed by atoms with Crippen molar-refractivity contribution in [2.75, 3.05) is 6.54 Å². The molecule has 78 valence electrons. The first-order chi connectivity index (χ1) is 6.61. The fourth-order valence-corrected chi connectivity index (χ4v) is 1.32. The van der Waals surface area contributed by atoms with Crippen LogP contribution in [0.3, 0.4) is 0 Å². The third-order valence-electron chi connectivity index (χ3n) is 2.38. The second-order valence-electron chi connectivity index (χ2n) is 3.62. The van der Waals surface area contributed by atoms with Gasteiger partial charge in [0.15, 0.2) is 0 Å². The van der Waals surface area contributed by atoms with Crippen LogP contribution < -0.4 is 5.32 Å². The van der Waals surface area contributed by atoms with E-state index in [1.807, 2.05) is 12.2 Å². The van der Waals surface area contributed by atoms with Crippen molar-refractivity contribution in [3.63, 3.8) is 0 Å². The largest absolute Gasteiger partial charge is 0.481 e. The number of allylic oxidation sites excluding steroid dienone is 2. The van der Waals surface area contributed by atoms with Gasteiger partial charge in [0.25, 0.3) is 0 Å². The minimum atomic E-state index is -0.880. The molecule has 2 N–H and O–H groups in total. The summed E-state index contributed by atoms with van der Waals surface area (Å²) >= 11 is 0. The smallest absolute Gasteiger partial charge is 0.308 e. The molecule has 0 aromatic heterocycles. The Labute approximate surface area is 83.0 Å². The molecule has 0 aromatic rings. The van der Waals surface area contributed by atoms with Crippen LogP contribution in [0.2, 0.25) is 0 Å². The molecule has 0 bridgehead atoms. The quantitative estimate of drug-likeness (QED) is 0.655. The van der Waals surface area contributed by atoms with E-state index in [2.05, 4.69) is 5.32 Å². The van der Waals surface area contributed by atoms with Crippen molar-refractivity contribution >= 4 is 11.9 Å². The van der Waals surface area contributed by atoms with Crippen molar-refractivity contribution in [2.24, 2.45) is 11.8 Å². The monoisotopic (exact) mass is 197 g/mol. The molecule has 1 amide bonds. The summed E-state index contributed by atoms with van der Waals surface area (Å²) in [6.45, 7) is 1.79. The molecule has 4 nitrogen and oxygen atoms in total. The first kappa shape index (κ1) is 10.8. The topological polar surface area (TPSA) is 66.4 Å². The maximum absolute atomic E-state index is 11.4. The number of amides is 1. The van der Waals surface area contributed by atoms with E-state index in [4.69, 9.17) is 5.11 Å². The summed E-state index contributed by atoms with van der Waals surface area (Å²) in [6, 6.07) is 0. The summed E-state index contributed by atoms with van der Waals surface area (Å²) in [6.07, 6.45) is 5.50. The van der Waals surface area contributed by atoms with E-state index in [-0.39, 0.29) is 18.4 Å². The molecule has 0 saturated carbocycles.